The molecular weight excluding hydrogens is 244 g/mol. The molecule has 1 aromatic heterocycles. The lowest BCUT2D eigenvalue weighted by Crippen LogP contribution is -2.19. The molecule has 0 N–H and O–H groups in total. The molecule has 0 radical (unpaired) electrons. The second kappa shape index (κ2) is 6.08. The summed E-state index contributed by atoms with van der Waals surface area (Å²) in [5.74, 6) is 0. The van der Waals surface area contributed by atoms with Crippen molar-refractivity contribution in [3.8, 4) is 0 Å². The molecule has 2 rings (SSSR count). The summed E-state index contributed by atoms with van der Waals surface area (Å²) in [6, 6.07) is 15.0. The molecule has 0 bridgehead atoms. The molecule has 2 nitrogen and oxygen atoms in total. The van der Waals surface area contributed by atoms with Crippen molar-refractivity contribution in [1.82, 2.24) is 4.57 Å². The first-order valence-corrected chi connectivity index (χ1v) is 7.17. The highest BCUT2D eigenvalue weighted by Crippen LogP contribution is 2.25. The van der Waals surface area contributed by atoms with Crippen LogP contribution in [0, 0.1) is 0 Å². The first-order chi connectivity index (χ1) is 9.52. The third-order valence-corrected chi connectivity index (χ3v) is 3.58. The molecule has 106 valence electrons. The highest BCUT2D eigenvalue weighted by molar-refractivity contribution is 5.27. The number of aliphatic imine (C=N–C) groups is 1. The van der Waals surface area contributed by atoms with Crippen LogP contribution in [0.3, 0.4) is 0 Å². The maximum absolute atomic E-state index is 4.05. The van der Waals surface area contributed by atoms with Gasteiger partial charge in [-0.05, 0) is 30.8 Å². The van der Waals surface area contributed by atoms with Crippen molar-refractivity contribution >= 4 is 6.72 Å². The Balaban J connectivity index is 2.24. The van der Waals surface area contributed by atoms with Gasteiger partial charge in [0.15, 0.2) is 0 Å². The lowest BCUT2D eigenvalue weighted by molar-refractivity contribution is 0.507. The number of hydrogen-bond donors (Lipinski definition) is 0. The van der Waals surface area contributed by atoms with E-state index in [-0.39, 0.29) is 5.41 Å². The van der Waals surface area contributed by atoms with E-state index in [4.69, 9.17) is 0 Å². The zero-order valence-corrected chi connectivity index (χ0v) is 12.8. The summed E-state index contributed by atoms with van der Waals surface area (Å²) in [7, 11) is 0. The Morgan fingerprint density at radius 2 is 1.75 bits per heavy atom. The molecule has 1 aromatic carbocycles. The van der Waals surface area contributed by atoms with Crippen LogP contribution in [0.4, 0.5) is 0 Å². The molecule has 2 aromatic rings. The lowest BCUT2D eigenvalue weighted by Gasteiger charge is -2.23. The average molecular weight is 268 g/mol. The third-order valence-electron chi connectivity index (χ3n) is 3.58. The molecule has 0 amide bonds. The van der Waals surface area contributed by atoms with Crippen molar-refractivity contribution in [2.24, 2.45) is 4.99 Å². The van der Waals surface area contributed by atoms with Crippen molar-refractivity contribution in [3.05, 3.63) is 59.4 Å². The minimum Gasteiger partial charge on any atom is -0.346 e. The van der Waals surface area contributed by atoms with Crippen LogP contribution in [0.25, 0.3) is 0 Å². The van der Waals surface area contributed by atoms with Gasteiger partial charge in [-0.1, -0.05) is 51.1 Å². The molecular formula is C18H24N2. The minimum atomic E-state index is 0.149. The molecule has 0 aliphatic heterocycles. The fraction of sp³-hybridized carbons (Fsp3) is 0.389. The Morgan fingerprint density at radius 1 is 1.05 bits per heavy atom. The summed E-state index contributed by atoms with van der Waals surface area (Å²) in [4.78, 5) is 4.05. The van der Waals surface area contributed by atoms with Gasteiger partial charge in [0, 0.05) is 23.3 Å². The van der Waals surface area contributed by atoms with Crippen LogP contribution < -0.4 is 0 Å². The summed E-state index contributed by atoms with van der Waals surface area (Å²) < 4.78 is 2.40. The van der Waals surface area contributed by atoms with E-state index in [0.29, 0.717) is 6.54 Å². The molecule has 20 heavy (non-hydrogen) atoms. The first-order valence-electron chi connectivity index (χ1n) is 7.17. The maximum Gasteiger partial charge on any atom is 0.0784 e. The van der Waals surface area contributed by atoms with Gasteiger partial charge in [0.2, 0.25) is 0 Å². The summed E-state index contributed by atoms with van der Waals surface area (Å²) >= 11 is 0. The van der Waals surface area contributed by atoms with E-state index in [0.717, 1.165) is 13.0 Å². The molecule has 1 heterocycles. The Morgan fingerprint density at radius 3 is 2.35 bits per heavy atom. The Hall–Kier alpha value is -1.83. The normalized spacial score (nSPS) is 11.6. The van der Waals surface area contributed by atoms with Crippen molar-refractivity contribution in [2.45, 2.75) is 45.7 Å². The van der Waals surface area contributed by atoms with Gasteiger partial charge >= 0.3 is 0 Å². The smallest absolute Gasteiger partial charge is 0.0784 e. The lowest BCUT2D eigenvalue weighted by atomic mass is 9.92. The third kappa shape index (κ3) is 3.38. The fourth-order valence-electron chi connectivity index (χ4n) is 2.57. The van der Waals surface area contributed by atoms with E-state index in [1.54, 1.807) is 0 Å². The minimum absolute atomic E-state index is 0.149. The van der Waals surface area contributed by atoms with Crippen LogP contribution in [0.15, 0.2) is 47.5 Å². The predicted molar refractivity (Wildman–Crippen MR) is 86.5 cm³/mol. The number of nitrogens with zero attached hydrogens (tertiary/aromatic N) is 2. The number of aromatic nitrogens is 1. The topological polar surface area (TPSA) is 17.3 Å². The molecule has 0 saturated carbocycles. The van der Waals surface area contributed by atoms with Gasteiger partial charge in [-0.25, -0.2) is 0 Å². The summed E-state index contributed by atoms with van der Waals surface area (Å²) in [6.45, 7) is 12.1. The molecule has 0 aliphatic rings. The average Bonchev–Trinajstić information content (AvgIpc) is 2.81. The number of benzene rings is 1. The monoisotopic (exact) mass is 268 g/mol. The first kappa shape index (κ1) is 14.6. The zero-order chi connectivity index (χ0) is 14.6. The molecule has 2 heteroatoms. The van der Waals surface area contributed by atoms with Gasteiger partial charge in [-0.15, -0.1) is 0 Å². The number of hydrogen-bond acceptors (Lipinski definition) is 1. The van der Waals surface area contributed by atoms with E-state index in [1.807, 2.05) is 0 Å². The molecule has 0 spiro atoms. The van der Waals surface area contributed by atoms with Crippen molar-refractivity contribution in [2.75, 3.05) is 0 Å². The van der Waals surface area contributed by atoms with Crippen LogP contribution in [0.1, 0.15) is 37.7 Å². The molecule has 0 aliphatic carbocycles. The number of aryl methyl sites for hydroxylation is 1. The van der Waals surface area contributed by atoms with E-state index >= 15 is 0 Å². The zero-order valence-electron chi connectivity index (χ0n) is 12.8. The Kier molecular flexibility index (Phi) is 4.43. The number of rotatable bonds is 5. The highest BCUT2D eigenvalue weighted by atomic mass is 15.0. The van der Waals surface area contributed by atoms with E-state index in [1.165, 1.54) is 17.0 Å². The van der Waals surface area contributed by atoms with Crippen LogP contribution in [0.2, 0.25) is 0 Å². The molecule has 0 saturated heterocycles. The van der Waals surface area contributed by atoms with Gasteiger partial charge in [0.25, 0.3) is 0 Å². The fourth-order valence-corrected chi connectivity index (χ4v) is 2.57. The molecule has 0 unspecified atom stereocenters. The van der Waals surface area contributed by atoms with E-state index < -0.39 is 0 Å². The quantitative estimate of drug-likeness (QED) is 0.722. The Bertz CT molecular complexity index is 559. The van der Waals surface area contributed by atoms with E-state index in [9.17, 15) is 0 Å². The summed E-state index contributed by atoms with van der Waals surface area (Å²) in [5.41, 5.74) is 4.14. The van der Waals surface area contributed by atoms with Gasteiger partial charge in [0.05, 0.1) is 6.54 Å². The van der Waals surface area contributed by atoms with Gasteiger partial charge in [-0.2, -0.15) is 0 Å². The van der Waals surface area contributed by atoms with Crippen molar-refractivity contribution in [1.29, 1.82) is 0 Å². The largest absolute Gasteiger partial charge is 0.346 e. The van der Waals surface area contributed by atoms with Crippen LogP contribution in [-0.4, -0.2) is 11.3 Å². The summed E-state index contributed by atoms with van der Waals surface area (Å²) in [6.07, 6.45) is 1.04. The van der Waals surface area contributed by atoms with Crippen molar-refractivity contribution in [3.63, 3.8) is 0 Å². The van der Waals surface area contributed by atoms with Crippen LogP contribution in [0.5, 0.6) is 0 Å². The second-order valence-electron chi connectivity index (χ2n) is 6.23. The van der Waals surface area contributed by atoms with Crippen molar-refractivity contribution < 1.29 is 0 Å². The SMILES string of the molecule is C=NCc1ccc(C(C)(C)C)n1CCc1ccccc1. The van der Waals surface area contributed by atoms with Gasteiger partial charge in [-0.3, -0.25) is 4.99 Å². The van der Waals surface area contributed by atoms with Gasteiger partial charge in [0.1, 0.15) is 0 Å². The van der Waals surface area contributed by atoms with Gasteiger partial charge < -0.3 is 4.57 Å². The second-order valence-corrected chi connectivity index (χ2v) is 6.23. The van der Waals surface area contributed by atoms with Crippen LogP contribution >= 0.6 is 0 Å². The predicted octanol–water partition coefficient (Wildman–Crippen LogP) is 4.23. The Labute approximate surface area is 122 Å². The standard InChI is InChI=1S/C18H24N2/c1-18(2,3)17-11-10-16(14-19-4)20(17)13-12-15-8-6-5-7-9-15/h5-11H,4,12-14H2,1-3H3. The molecule has 0 fully saturated rings. The molecule has 0 atom stereocenters. The van der Waals surface area contributed by atoms with E-state index in [2.05, 4.69) is 79.5 Å². The van der Waals surface area contributed by atoms with Crippen LogP contribution in [-0.2, 0) is 24.9 Å². The summed E-state index contributed by atoms with van der Waals surface area (Å²) in [5, 5.41) is 0. The highest BCUT2D eigenvalue weighted by Gasteiger charge is 2.20. The maximum atomic E-state index is 4.05.